The molecule has 0 bridgehead atoms. The molecule has 4 rings (SSSR count). The van der Waals surface area contributed by atoms with E-state index < -0.39 is 17.8 Å². The van der Waals surface area contributed by atoms with Crippen LogP contribution in [0.4, 0.5) is 24.5 Å². The first kappa shape index (κ1) is 21.6. The molecule has 2 aromatic rings. The van der Waals surface area contributed by atoms with Gasteiger partial charge in [0.25, 0.3) is 5.91 Å². The van der Waals surface area contributed by atoms with Crippen LogP contribution in [0.1, 0.15) is 33.7 Å². The minimum Gasteiger partial charge on any atom is -0.384 e. The van der Waals surface area contributed by atoms with Gasteiger partial charge in [-0.1, -0.05) is 6.07 Å². The van der Waals surface area contributed by atoms with E-state index in [0.717, 1.165) is 49.8 Å². The molecule has 1 fully saturated rings. The van der Waals surface area contributed by atoms with E-state index in [1.54, 1.807) is 12.1 Å². The molecule has 1 aromatic carbocycles. The topological polar surface area (TPSA) is 60.5 Å². The average molecular weight is 433 g/mol. The predicted octanol–water partition coefficient (Wildman–Crippen LogP) is 3.46. The van der Waals surface area contributed by atoms with Crippen molar-refractivity contribution in [3.63, 3.8) is 0 Å². The molecule has 0 radical (unpaired) electrons. The molecule has 1 atom stereocenters. The lowest BCUT2D eigenvalue weighted by molar-refractivity contribution is -0.141. The number of nitrogens with zero attached hydrogens (tertiary/aromatic N) is 3. The van der Waals surface area contributed by atoms with Gasteiger partial charge in [-0.3, -0.25) is 9.69 Å². The van der Waals surface area contributed by atoms with Crippen molar-refractivity contribution in [1.82, 2.24) is 14.8 Å². The average Bonchev–Trinajstić information content (AvgIpc) is 3.35. The normalized spacial score (nSPS) is 18.8. The second kappa shape index (κ2) is 8.47. The van der Waals surface area contributed by atoms with E-state index in [2.05, 4.69) is 25.4 Å². The number of nitrogens with one attached hydrogen (secondary N) is 2. The van der Waals surface area contributed by atoms with E-state index in [9.17, 15) is 18.0 Å². The Hall–Kier alpha value is -2.65. The van der Waals surface area contributed by atoms with Crippen molar-refractivity contribution in [1.29, 1.82) is 0 Å². The fraction of sp³-hybridized carbons (Fsp3) is 0.455. The minimum absolute atomic E-state index is 0.0964. The number of halogens is 3. The van der Waals surface area contributed by atoms with Crippen LogP contribution in [-0.4, -0.2) is 60.5 Å². The Morgan fingerprint density at radius 3 is 2.81 bits per heavy atom. The summed E-state index contributed by atoms with van der Waals surface area (Å²) in [5.74, 6) is -0.449. The molecular formula is C22H26F3N5O. The standard InChI is InChI=1S/C22H26F3N5O/c1-29(2)18-6-8-30(13-18)12-17-10-16(11-20(27-17)22(23,24)25)28-21(31)15-4-3-14-5-7-26-19(14)9-15/h3-4,9-11,18,26H,5-8,12-13H2,1-2H3,(H,27,28,31)/t18-/m1/s1. The molecule has 0 saturated carbocycles. The van der Waals surface area contributed by atoms with Crippen molar-refractivity contribution in [2.45, 2.75) is 31.6 Å². The molecule has 0 aliphatic carbocycles. The van der Waals surface area contributed by atoms with Crippen LogP contribution in [0.5, 0.6) is 0 Å². The molecule has 0 unspecified atom stereocenters. The summed E-state index contributed by atoms with van der Waals surface area (Å²) in [4.78, 5) is 20.7. The number of alkyl halides is 3. The SMILES string of the molecule is CN(C)[C@@H]1CCN(Cc2cc(NC(=O)c3ccc4c(c3)NCC4)cc(C(F)(F)F)n2)C1. The third kappa shape index (κ3) is 4.99. The monoisotopic (exact) mass is 433 g/mol. The summed E-state index contributed by atoms with van der Waals surface area (Å²) in [6.45, 7) is 2.69. The van der Waals surface area contributed by atoms with Crippen LogP contribution in [0.15, 0.2) is 30.3 Å². The van der Waals surface area contributed by atoms with Crippen molar-refractivity contribution in [2.75, 3.05) is 44.4 Å². The van der Waals surface area contributed by atoms with Crippen LogP contribution in [0.25, 0.3) is 0 Å². The maximum absolute atomic E-state index is 13.4. The highest BCUT2D eigenvalue weighted by molar-refractivity contribution is 6.05. The van der Waals surface area contributed by atoms with E-state index in [-0.39, 0.29) is 5.69 Å². The number of pyridine rings is 1. The van der Waals surface area contributed by atoms with E-state index in [1.807, 2.05) is 20.2 Å². The van der Waals surface area contributed by atoms with Gasteiger partial charge in [-0.25, -0.2) is 4.98 Å². The third-order valence-electron chi connectivity index (χ3n) is 5.87. The smallest absolute Gasteiger partial charge is 0.384 e. The second-order valence-electron chi connectivity index (χ2n) is 8.37. The van der Waals surface area contributed by atoms with Crippen molar-refractivity contribution < 1.29 is 18.0 Å². The Bertz CT molecular complexity index is 976. The van der Waals surface area contributed by atoms with Gasteiger partial charge in [-0.2, -0.15) is 13.2 Å². The van der Waals surface area contributed by atoms with Crippen molar-refractivity contribution >= 4 is 17.3 Å². The molecule has 1 aromatic heterocycles. The summed E-state index contributed by atoms with van der Waals surface area (Å²) in [6.07, 6.45) is -2.74. The van der Waals surface area contributed by atoms with Crippen LogP contribution in [-0.2, 0) is 19.1 Å². The van der Waals surface area contributed by atoms with E-state index in [0.29, 0.717) is 23.8 Å². The van der Waals surface area contributed by atoms with Crippen LogP contribution < -0.4 is 10.6 Å². The summed E-state index contributed by atoms with van der Waals surface area (Å²) in [7, 11) is 4.00. The fourth-order valence-electron chi connectivity index (χ4n) is 4.13. The van der Waals surface area contributed by atoms with Gasteiger partial charge in [-0.15, -0.1) is 0 Å². The van der Waals surface area contributed by atoms with Gasteiger partial charge in [0.05, 0.1) is 5.69 Å². The number of hydrogen-bond acceptors (Lipinski definition) is 5. The van der Waals surface area contributed by atoms with Gasteiger partial charge < -0.3 is 15.5 Å². The second-order valence-corrected chi connectivity index (χ2v) is 8.37. The Balaban J connectivity index is 1.54. The number of hydrogen-bond donors (Lipinski definition) is 2. The highest BCUT2D eigenvalue weighted by atomic mass is 19.4. The largest absolute Gasteiger partial charge is 0.433 e. The maximum atomic E-state index is 13.4. The summed E-state index contributed by atoms with van der Waals surface area (Å²) < 4.78 is 40.3. The number of aromatic nitrogens is 1. The Kier molecular flexibility index (Phi) is 5.90. The number of carbonyl (C=O) groups is 1. The van der Waals surface area contributed by atoms with Gasteiger partial charge >= 0.3 is 6.18 Å². The van der Waals surface area contributed by atoms with E-state index >= 15 is 0 Å². The number of fused-ring (bicyclic) bond motifs is 1. The molecule has 2 N–H and O–H groups in total. The molecule has 1 saturated heterocycles. The van der Waals surface area contributed by atoms with Crippen molar-refractivity contribution in [3.05, 3.63) is 52.8 Å². The number of likely N-dealkylation sites (N-methyl/N-ethyl adjacent to an activating group) is 1. The Morgan fingerprint density at radius 1 is 1.29 bits per heavy atom. The molecule has 2 aliphatic rings. The molecular weight excluding hydrogens is 407 g/mol. The summed E-state index contributed by atoms with van der Waals surface area (Å²) in [5.41, 5.74) is 1.80. The molecule has 2 aliphatic heterocycles. The van der Waals surface area contributed by atoms with Crippen LogP contribution >= 0.6 is 0 Å². The quantitative estimate of drug-likeness (QED) is 0.757. The van der Waals surface area contributed by atoms with Crippen LogP contribution in [0, 0.1) is 0 Å². The number of amides is 1. The lowest BCUT2D eigenvalue weighted by atomic mass is 10.1. The number of likely N-dealkylation sites (tertiary alicyclic amines) is 1. The molecule has 31 heavy (non-hydrogen) atoms. The van der Waals surface area contributed by atoms with Gasteiger partial charge in [0, 0.05) is 49.2 Å². The number of carbonyl (C=O) groups excluding carboxylic acids is 1. The number of anilines is 2. The zero-order valence-corrected chi connectivity index (χ0v) is 17.6. The van der Waals surface area contributed by atoms with Crippen molar-refractivity contribution in [2.24, 2.45) is 0 Å². The summed E-state index contributed by atoms with van der Waals surface area (Å²) >= 11 is 0. The fourth-order valence-corrected chi connectivity index (χ4v) is 4.13. The van der Waals surface area contributed by atoms with Crippen LogP contribution in [0.3, 0.4) is 0 Å². The van der Waals surface area contributed by atoms with E-state index in [4.69, 9.17) is 0 Å². The highest BCUT2D eigenvalue weighted by Crippen LogP contribution is 2.31. The van der Waals surface area contributed by atoms with Gasteiger partial charge in [-0.05, 0) is 56.8 Å². The molecule has 3 heterocycles. The lowest BCUT2D eigenvalue weighted by Gasteiger charge is -2.20. The minimum atomic E-state index is -4.59. The Morgan fingerprint density at radius 2 is 2.10 bits per heavy atom. The first-order valence-corrected chi connectivity index (χ1v) is 10.3. The molecule has 6 nitrogen and oxygen atoms in total. The highest BCUT2D eigenvalue weighted by Gasteiger charge is 2.34. The van der Waals surface area contributed by atoms with Gasteiger partial charge in [0.2, 0.25) is 0 Å². The third-order valence-corrected chi connectivity index (χ3v) is 5.87. The molecule has 9 heteroatoms. The Labute approximate surface area is 179 Å². The first-order chi connectivity index (χ1) is 14.7. The lowest BCUT2D eigenvalue weighted by Crippen LogP contribution is -2.31. The first-order valence-electron chi connectivity index (χ1n) is 10.3. The molecule has 166 valence electrons. The zero-order valence-electron chi connectivity index (χ0n) is 17.6. The number of benzene rings is 1. The zero-order chi connectivity index (χ0) is 22.2. The van der Waals surface area contributed by atoms with Gasteiger partial charge in [0.15, 0.2) is 0 Å². The molecule has 0 spiro atoms. The predicted molar refractivity (Wildman–Crippen MR) is 113 cm³/mol. The summed E-state index contributed by atoms with van der Waals surface area (Å²) in [6, 6.07) is 8.09. The summed E-state index contributed by atoms with van der Waals surface area (Å²) in [5, 5.41) is 5.82. The number of rotatable bonds is 5. The van der Waals surface area contributed by atoms with Crippen molar-refractivity contribution in [3.8, 4) is 0 Å². The van der Waals surface area contributed by atoms with E-state index in [1.165, 1.54) is 6.07 Å². The van der Waals surface area contributed by atoms with Crippen LogP contribution in [0.2, 0.25) is 0 Å². The maximum Gasteiger partial charge on any atom is 0.433 e. The molecule has 1 amide bonds. The van der Waals surface area contributed by atoms with Gasteiger partial charge in [0.1, 0.15) is 5.69 Å².